The van der Waals surface area contributed by atoms with Gasteiger partial charge in [0, 0.05) is 24.0 Å². The van der Waals surface area contributed by atoms with E-state index < -0.39 is 6.10 Å². The first-order chi connectivity index (χ1) is 16.0. The molecule has 1 N–H and O–H groups in total. The van der Waals surface area contributed by atoms with Crippen LogP contribution in [0.1, 0.15) is 29.8 Å². The molecule has 180 valence electrons. The molecule has 1 aromatic heterocycles. The minimum atomic E-state index is -0.679. The second-order valence-corrected chi connectivity index (χ2v) is 9.14. The predicted octanol–water partition coefficient (Wildman–Crippen LogP) is 3.67. The van der Waals surface area contributed by atoms with E-state index in [4.69, 9.17) is 9.47 Å². The van der Waals surface area contributed by atoms with Crippen molar-refractivity contribution in [1.82, 2.24) is 9.80 Å². The molecule has 1 aliphatic rings. The lowest BCUT2D eigenvalue weighted by molar-refractivity contribution is -0.136. The Morgan fingerprint density at radius 1 is 1.45 bits per heavy atom. The largest absolute Gasteiger partial charge is 0.491 e. The van der Waals surface area contributed by atoms with Gasteiger partial charge in [-0.1, -0.05) is 19.1 Å². The Labute approximate surface area is 199 Å². The van der Waals surface area contributed by atoms with Crippen molar-refractivity contribution in [2.75, 3.05) is 46.0 Å². The molecule has 0 bridgehead atoms. The van der Waals surface area contributed by atoms with Crippen LogP contribution >= 0.6 is 11.3 Å². The van der Waals surface area contributed by atoms with E-state index in [1.807, 2.05) is 28.2 Å². The summed E-state index contributed by atoms with van der Waals surface area (Å²) in [6.07, 6.45) is 2.64. The van der Waals surface area contributed by atoms with Crippen LogP contribution in [0.3, 0.4) is 0 Å². The van der Waals surface area contributed by atoms with Crippen LogP contribution < -0.4 is 4.74 Å². The first-order valence-corrected chi connectivity index (χ1v) is 12.2. The lowest BCUT2D eigenvalue weighted by Gasteiger charge is -2.37. The number of amides is 1. The van der Waals surface area contributed by atoms with Crippen LogP contribution in [-0.2, 0) is 16.0 Å². The summed E-state index contributed by atoms with van der Waals surface area (Å²) in [7, 11) is 0. The number of carbonyl (C=O) groups is 1. The summed E-state index contributed by atoms with van der Waals surface area (Å²) in [5.74, 6) is 0.0819. The Morgan fingerprint density at radius 3 is 3.06 bits per heavy atom. The minimum absolute atomic E-state index is 0.00708. The smallest absolute Gasteiger partial charge is 0.237 e. The normalized spacial score (nSPS) is 16.5. The summed E-state index contributed by atoms with van der Waals surface area (Å²) in [6, 6.07) is 7.86. The van der Waals surface area contributed by atoms with Crippen molar-refractivity contribution in [3.8, 4) is 5.75 Å². The van der Waals surface area contributed by atoms with Crippen molar-refractivity contribution >= 4 is 17.2 Å². The summed E-state index contributed by atoms with van der Waals surface area (Å²) < 4.78 is 24.8. The Morgan fingerprint density at radius 2 is 2.30 bits per heavy atom. The summed E-state index contributed by atoms with van der Waals surface area (Å²) in [5, 5.41) is 12.3. The number of aliphatic hydroxyl groups is 1. The molecule has 1 aliphatic heterocycles. The molecule has 0 fully saturated rings. The number of nitrogens with zero attached hydrogens (tertiary/aromatic N) is 2. The fourth-order valence-electron chi connectivity index (χ4n) is 4.08. The van der Waals surface area contributed by atoms with E-state index in [-0.39, 0.29) is 37.5 Å². The molecule has 0 saturated heterocycles. The van der Waals surface area contributed by atoms with Crippen molar-refractivity contribution in [1.29, 1.82) is 0 Å². The van der Waals surface area contributed by atoms with Gasteiger partial charge in [0.1, 0.15) is 18.2 Å². The van der Waals surface area contributed by atoms with Crippen molar-refractivity contribution in [3.05, 3.63) is 64.6 Å². The number of halogens is 1. The third-order valence-corrected chi connectivity index (χ3v) is 6.53. The molecule has 1 aromatic carbocycles. The lowest BCUT2D eigenvalue weighted by Crippen LogP contribution is -2.48. The number of carbonyl (C=O) groups excluding carboxylic acids is 1. The molecule has 0 unspecified atom stereocenters. The first-order valence-electron chi connectivity index (χ1n) is 11.3. The molecule has 2 aromatic rings. The number of aliphatic hydroxyl groups excluding tert-OH is 1. The monoisotopic (exact) mass is 476 g/mol. The maximum Gasteiger partial charge on any atom is 0.237 e. The molecule has 8 heteroatoms. The number of ether oxygens (including phenoxy) is 2. The summed E-state index contributed by atoms with van der Waals surface area (Å²) in [6.45, 7) is 8.36. The van der Waals surface area contributed by atoms with Crippen LogP contribution in [0.2, 0.25) is 0 Å². The van der Waals surface area contributed by atoms with E-state index >= 15 is 0 Å². The number of rotatable bonds is 13. The number of fused-ring (bicyclic) bond motifs is 1. The van der Waals surface area contributed by atoms with E-state index in [0.717, 1.165) is 18.4 Å². The Kier molecular flexibility index (Phi) is 9.87. The zero-order valence-electron chi connectivity index (χ0n) is 19.1. The molecule has 0 spiro atoms. The molecular formula is C25H33FN2O4S. The second kappa shape index (κ2) is 12.8. The SMILES string of the molecule is C=CCOC[C@@H](O)CN(CCC)CC(=O)N1CCc2sccc2[C@H]1COc1cccc(F)c1. The molecule has 33 heavy (non-hydrogen) atoms. The third kappa shape index (κ3) is 7.37. The molecule has 3 rings (SSSR count). The third-order valence-electron chi connectivity index (χ3n) is 5.53. The van der Waals surface area contributed by atoms with Crippen molar-refractivity contribution in [3.63, 3.8) is 0 Å². The average Bonchev–Trinajstić information content (AvgIpc) is 3.27. The topological polar surface area (TPSA) is 62.2 Å². The van der Waals surface area contributed by atoms with E-state index in [0.29, 0.717) is 32.0 Å². The number of hydrogen-bond donors (Lipinski definition) is 1. The number of hydrogen-bond acceptors (Lipinski definition) is 6. The van der Waals surface area contributed by atoms with Gasteiger partial charge in [0.25, 0.3) is 0 Å². The van der Waals surface area contributed by atoms with E-state index in [1.165, 1.54) is 17.0 Å². The van der Waals surface area contributed by atoms with Gasteiger partial charge in [-0.2, -0.15) is 0 Å². The van der Waals surface area contributed by atoms with Gasteiger partial charge >= 0.3 is 0 Å². The van der Waals surface area contributed by atoms with Gasteiger partial charge in [-0.3, -0.25) is 9.69 Å². The van der Waals surface area contributed by atoms with Gasteiger partial charge in [0.2, 0.25) is 5.91 Å². The van der Waals surface area contributed by atoms with Gasteiger partial charge in [0.15, 0.2) is 0 Å². The molecule has 2 atom stereocenters. The van der Waals surface area contributed by atoms with Gasteiger partial charge < -0.3 is 19.5 Å². The van der Waals surface area contributed by atoms with Crippen molar-refractivity contribution < 1.29 is 23.8 Å². The predicted molar refractivity (Wildman–Crippen MR) is 128 cm³/mol. The highest BCUT2D eigenvalue weighted by molar-refractivity contribution is 7.10. The highest BCUT2D eigenvalue weighted by atomic mass is 32.1. The average molecular weight is 477 g/mol. The van der Waals surface area contributed by atoms with E-state index in [2.05, 4.69) is 6.58 Å². The fourth-order valence-corrected chi connectivity index (χ4v) is 5.01. The van der Waals surface area contributed by atoms with Crippen molar-refractivity contribution in [2.45, 2.75) is 31.9 Å². The molecule has 0 saturated carbocycles. The Hall–Kier alpha value is -2.26. The highest BCUT2D eigenvalue weighted by Gasteiger charge is 2.33. The van der Waals surface area contributed by atoms with Crippen LogP contribution in [0.5, 0.6) is 5.75 Å². The molecule has 6 nitrogen and oxygen atoms in total. The van der Waals surface area contributed by atoms with Crippen LogP contribution in [0, 0.1) is 5.82 Å². The quantitative estimate of drug-likeness (QED) is 0.353. The zero-order valence-corrected chi connectivity index (χ0v) is 19.9. The summed E-state index contributed by atoms with van der Waals surface area (Å²) in [4.78, 5) is 18.5. The van der Waals surface area contributed by atoms with Crippen LogP contribution in [-0.4, -0.2) is 72.9 Å². The molecular weight excluding hydrogens is 443 g/mol. The Bertz CT molecular complexity index is 906. The Balaban J connectivity index is 1.67. The van der Waals surface area contributed by atoms with Crippen LogP contribution in [0.4, 0.5) is 4.39 Å². The summed E-state index contributed by atoms with van der Waals surface area (Å²) >= 11 is 1.69. The van der Waals surface area contributed by atoms with Gasteiger partial charge in [0.05, 0.1) is 31.9 Å². The van der Waals surface area contributed by atoms with Crippen LogP contribution in [0.15, 0.2) is 48.4 Å². The molecule has 1 amide bonds. The van der Waals surface area contributed by atoms with Gasteiger partial charge in [-0.05, 0) is 48.5 Å². The lowest BCUT2D eigenvalue weighted by atomic mass is 10.0. The van der Waals surface area contributed by atoms with Crippen molar-refractivity contribution in [2.24, 2.45) is 0 Å². The molecule has 2 heterocycles. The molecule has 0 radical (unpaired) electrons. The second-order valence-electron chi connectivity index (χ2n) is 8.14. The standard InChI is InChI=1S/C25H33FN2O4S/c1-3-10-27(15-20(29)17-31-12-4-2)16-25(30)28-11-8-24-22(9-13-33-24)23(28)18-32-21-7-5-6-19(26)14-21/h4-7,9,13-14,20,23,29H,2-3,8,10-12,15-18H2,1H3/t20-,23+/m0/s1. The van der Waals surface area contributed by atoms with E-state index in [1.54, 1.807) is 29.5 Å². The zero-order chi connectivity index (χ0) is 23.6. The highest BCUT2D eigenvalue weighted by Crippen LogP contribution is 2.34. The summed E-state index contributed by atoms with van der Waals surface area (Å²) in [5.41, 5.74) is 1.09. The van der Waals surface area contributed by atoms with Crippen LogP contribution in [0.25, 0.3) is 0 Å². The first kappa shape index (κ1) is 25.4. The maximum atomic E-state index is 13.6. The fraction of sp³-hybridized carbons (Fsp3) is 0.480. The number of benzene rings is 1. The van der Waals surface area contributed by atoms with Gasteiger partial charge in [-0.25, -0.2) is 4.39 Å². The number of thiophene rings is 1. The van der Waals surface area contributed by atoms with E-state index in [9.17, 15) is 14.3 Å². The molecule has 0 aliphatic carbocycles. The maximum absolute atomic E-state index is 13.6. The minimum Gasteiger partial charge on any atom is -0.491 e. The van der Waals surface area contributed by atoms with Gasteiger partial charge in [-0.15, -0.1) is 17.9 Å².